The molecule has 1 fully saturated rings. The van der Waals surface area contributed by atoms with Crippen LogP contribution >= 0.6 is 0 Å². The van der Waals surface area contributed by atoms with Crippen LogP contribution in [-0.4, -0.2) is 41.4 Å². The molecular weight excluding hydrogens is 252 g/mol. The highest BCUT2D eigenvalue weighted by atomic mass is 16.6. The van der Waals surface area contributed by atoms with E-state index in [1.165, 1.54) is 5.71 Å². The second-order valence-electron chi connectivity index (χ2n) is 7.35. The van der Waals surface area contributed by atoms with Crippen LogP contribution in [-0.2, 0) is 4.74 Å². The molecule has 4 atom stereocenters. The molecule has 0 aromatic rings. The molecule has 2 aliphatic rings. The Morgan fingerprint density at radius 2 is 2.00 bits per heavy atom. The Labute approximate surface area is 122 Å². The summed E-state index contributed by atoms with van der Waals surface area (Å²) in [7, 11) is 1.87. The number of nitrogens with zero attached hydrogens (tertiary/aromatic N) is 2. The highest BCUT2D eigenvalue weighted by molar-refractivity contribution is 5.89. The summed E-state index contributed by atoms with van der Waals surface area (Å²) >= 11 is 0. The number of hydrogen-bond donors (Lipinski definition) is 0. The van der Waals surface area contributed by atoms with E-state index < -0.39 is 5.60 Å². The van der Waals surface area contributed by atoms with E-state index in [2.05, 4.69) is 13.8 Å². The Morgan fingerprint density at radius 3 is 2.60 bits per heavy atom. The van der Waals surface area contributed by atoms with E-state index in [0.29, 0.717) is 17.9 Å². The maximum atomic E-state index is 12.2. The average molecular weight is 280 g/mol. The van der Waals surface area contributed by atoms with Gasteiger partial charge in [0.15, 0.2) is 0 Å². The van der Waals surface area contributed by atoms with E-state index in [-0.39, 0.29) is 12.1 Å². The van der Waals surface area contributed by atoms with Crippen LogP contribution in [0.5, 0.6) is 0 Å². The summed E-state index contributed by atoms with van der Waals surface area (Å²) in [5.41, 5.74) is 0.945. The molecule has 2 rings (SSSR count). The highest BCUT2D eigenvalue weighted by Gasteiger charge is 2.40. The van der Waals surface area contributed by atoms with Gasteiger partial charge in [0.25, 0.3) is 0 Å². The van der Waals surface area contributed by atoms with Crippen LogP contribution in [0.2, 0.25) is 0 Å². The van der Waals surface area contributed by atoms with E-state index in [0.717, 1.165) is 19.3 Å². The van der Waals surface area contributed by atoms with Crippen LogP contribution in [0, 0.1) is 11.8 Å². The molecule has 1 heterocycles. The molecule has 4 heteroatoms. The molecule has 1 aliphatic heterocycles. The fraction of sp³-hybridized carbons (Fsp3) is 0.875. The van der Waals surface area contributed by atoms with Crippen molar-refractivity contribution in [1.82, 2.24) is 4.90 Å². The van der Waals surface area contributed by atoms with Crippen LogP contribution in [0.1, 0.15) is 53.9 Å². The summed E-state index contributed by atoms with van der Waals surface area (Å²) in [6, 6.07) is 0.710. The number of fused-ring (bicyclic) bond motifs is 1. The van der Waals surface area contributed by atoms with Crippen LogP contribution in [0.4, 0.5) is 4.79 Å². The SMILES string of the molecule is CC1N=C2CCC(N(C)C(=O)OC(C)(C)C)CC2C1C. The number of amides is 1. The van der Waals surface area contributed by atoms with Crippen molar-refractivity contribution in [3.63, 3.8) is 0 Å². The van der Waals surface area contributed by atoms with Crippen LogP contribution in [0.3, 0.4) is 0 Å². The average Bonchev–Trinajstić information content (AvgIpc) is 2.62. The van der Waals surface area contributed by atoms with E-state index in [9.17, 15) is 4.79 Å². The Morgan fingerprint density at radius 1 is 1.35 bits per heavy atom. The van der Waals surface area contributed by atoms with Gasteiger partial charge in [0.2, 0.25) is 0 Å². The maximum Gasteiger partial charge on any atom is 0.410 e. The normalized spacial score (nSPS) is 33.4. The van der Waals surface area contributed by atoms with E-state index in [1.807, 2.05) is 27.8 Å². The van der Waals surface area contributed by atoms with E-state index >= 15 is 0 Å². The Hall–Kier alpha value is -1.06. The van der Waals surface area contributed by atoms with Crippen molar-refractivity contribution in [2.24, 2.45) is 16.8 Å². The predicted molar refractivity (Wildman–Crippen MR) is 81.2 cm³/mol. The number of ether oxygens (including phenoxy) is 1. The van der Waals surface area contributed by atoms with Gasteiger partial charge in [-0.3, -0.25) is 4.99 Å². The lowest BCUT2D eigenvalue weighted by Gasteiger charge is -2.36. The van der Waals surface area contributed by atoms with Gasteiger partial charge in [-0.2, -0.15) is 0 Å². The number of rotatable bonds is 1. The predicted octanol–water partition coefficient (Wildman–Crippen LogP) is 3.50. The minimum Gasteiger partial charge on any atom is -0.444 e. The molecule has 0 spiro atoms. The molecule has 0 saturated heterocycles. The van der Waals surface area contributed by atoms with Crippen molar-refractivity contribution in [3.05, 3.63) is 0 Å². The van der Waals surface area contributed by atoms with Gasteiger partial charge in [-0.25, -0.2) is 4.79 Å². The lowest BCUT2D eigenvalue weighted by atomic mass is 9.77. The molecule has 1 amide bonds. The van der Waals surface area contributed by atoms with Crippen LogP contribution in [0.25, 0.3) is 0 Å². The molecule has 20 heavy (non-hydrogen) atoms. The molecule has 0 aromatic heterocycles. The fourth-order valence-corrected chi connectivity index (χ4v) is 3.28. The third-order valence-electron chi connectivity index (χ3n) is 4.68. The minimum absolute atomic E-state index is 0.207. The van der Waals surface area contributed by atoms with Gasteiger partial charge >= 0.3 is 6.09 Å². The molecule has 4 nitrogen and oxygen atoms in total. The van der Waals surface area contributed by atoms with Gasteiger partial charge in [-0.1, -0.05) is 6.92 Å². The zero-order chi connectivity index (χ0) is 15.1. The monoisotopic (exact) mass is 280 g/mol. The van der Waals surface area contributed by atoms with Crippen molar-refractivity contribution >= 4 is 11.8 Å². The van der Waals surface area contributed by atoms with Crippen LogP contribution in [0.15, 0.2) is 4.99 Å². The first kappa shape index (κ1) is 15.3. The van der Waals surface area contributed by atoms with Crippen molar-refractivity contribution < 1.29 is 9.53 Å². The summed E-state index contributed by atoms with van der Waals surface area (Å²) in [4.78, 5) is 18.7. The van der Waals surface area contributed by atoms with Crippen LogP contribution < -0.4 is 0 Å². The summed E-state index contributed by atoms with van der Waals surface area (Å²) < 4.78 is 5.47. The van der Waals surface area contributed by atoms with E-state index in [1.54, 1.807) is 4.90 Å². The van der Waals surface area contributed by atoms with Gasteiger partial charge in [-0.05, 0) is 52.9 Å². The van der Waals surface area contributed by atoms with Crippen molar-refractivity contribution in [2.75, 3.05) is 7.05 Å². The van der Waals surface area contributed by atoms with Crippen molar-refractivity contribution in [1.29, 1.82) is 0 Å². The zero-order valence-electron chi connectivity index (χ0n) is 13.6. The van der Waals surface area contributed by atoms with Gasteiger partial charge < -0.3 is 9.64 Å². The number of carbonyl (C=O) groups excluding carboxylic acids is 1. The third-order valence-corrected chi connectivity index (χ3v) is 4.68. The first-order chi connectivity index (χ1) is 9.19. The van der Waals surface area contributed by atoms with E-state index in [4.69, 9.17) is 9.73 Å². The topological polar surface area (TPSA) is 41.9 Å². The smallest absolute Gasteiger partial charge is 0.410 e. The first-order valence-electron chi connectivity index (χ1n) is 7.71. The summed E-state index contributed by atoms with van der Waals surface area (Å²) in [6.07, 6.45) is 2.85. The number of carbonyl (C=O) groups is 1. The highest BCUT2D eigenvalue weighted by Crippen LogP contribution is 2.38. The maximum absolute atomic E-state index is 12.2. The minimum atomic E-state index is -0.429. The zero-order valence-corrected chi connectivity index (χ0v) is 13.6. The van der Waals surface area contributed by atoms with Gasteiger partial charge in [-0.15, -0.1) is 0 Å². The summed E-state index contributed by atoms with van der Waals surface area (Å²) in [6.45, 7) is 10.2. The number of hydrogen-bond acceptors (Lipinski definition) is 3. The van der Waals surface area contributed by atoms with Crippen molar-refractivity contribution in [2.45, 2.75) is 71.6 Å². The Bertz CT molecular complexity index is 411. The number of aliphatic imine (C=N–C) groups is 1. The van der Waals surface area contributed by atoms with Gasteiger partial charge in [0.1, 0.15) is 5.60 Å². The second kappa shape index (κ2) is 5.38. The molecule has 0 bridgehead atoms. The molecule has 0 N–H and O–H groups in total. The van der Waals surface area contributed by atoms with Crippen molar-refractivity contribution in [3.8, 4) is 0 Å². The Kier molecular flexibility index (Phi) is 4.12. The lowest BCUT2D eigenvalue weighted by Crippen LogP contribution is -2.45. The fourth-order valence-electron chi connectivity index (χ4n) is 3.28. The largest absolute Gasteiger partial charge is 0.444 e. The summed E-state index contributed by atoms with van der Waals surface area (Å²) in [5.74, 6) is 1.15. The quantitative estimate of drug-likeness (QED) is 0.737. The van der Waals surface area contributed by atoms with Gasteiger partial charge in [0, 0.05) is 24.7 Å². The molecule has 0 aromatic carbocycles. The molecule has 114 valence electrons. The molecular formula is C16H28N2O2. The molecule has 4 unspecified atom stereocenters. The Balaban J connectivity index is 1.98. The summed E-state index contributed by atoms with van der Waals surface area (Å²) in [5, 5.41) is 0. The molecule has 0 radical (unpaired) electrons. The standard InChI is InChI=1S/C16H28N2O2/c1-10-11(2)17-14-8-7-12(9-13(10)14)18(6)15(19)20-16(3,4)5/h10-13H,7-9H2,1-6H3. The first-order valence-corrected chi connectivity index (χ1v) is 7.71. The third kappa shape index (κ3) is 3.15. The molecule has 1 saturated carbocycles. The molecule has 1 aliphatic carbocycles. The lowest BCUT2D eigenvalue weighted by molar-refractivity contribution is 0.0187. The second-order valence-corrected chi connectivity index (χ2v) is 7.35. The van der Waals surface area contributed by atoms with Gasteiger partial charge in [0.05, 0.1) is 6.04 Å².